The Kier molecular flexibility index (Phi) is 2.58. The van der Waals surface area contributed by atoms with E-state index in [1.54, 1.807) is 0 Å². The summed E-state index contributed by atoms with van der Waals surface area (Å²) in [5.41, 5.74) is 1.07. The van der Waals surface area contributed by atoms with Crippen molar-refractivity contribution in [1.29, 1.82) is 0 Å². The van der Waals surface area contributed by atoms with Gasteiger partial charge in [-0.2, -0.15) is 0 Å². The molecular formula is C12H14ClN3. The van der Waals surface area contributed by atoms with Gasteiger partial charge in [-0.1, -0.05) is 17.7 Å². The van der Waals surface area contributed by atoms with Crippen LogP contribution in [0, 0.1) is 0 Å². The van der Waals surface area contributed by atoms with Gasteiger partial charge in [0.1, 0.15) is 11.0 Å². The van der Waals surface area contributed by atoms with E-state index in [0.717, 1.165) is 29.5 Å². The lowest BCUT2D eigenvalue weighted by Gasteiger charge is -2.09. The molecule has 0 aromatic carbocycles. The molecule has 0 spiro atoms. The van der Waals surface area contributed by atoms with Gasteiger partial charge in [0, 0.05) is 12.5 Å². The minimum absolute atomic E-state index is 0.557. The molecule has 84 valence electrons. The van der Waals surface area contributed by atoms with Crippen LogP contribution in [0.5, 0.6) is 0 Å². The number of fused-ring (bicyclic) bond motifs is 1. The Hall–Kier alpha value is -1.06. The maximum Gasteiger partial charge on any atom is 0.115 e. The van der Waals surface area contributed by atoms with E-state index in [4.69, 9.17) is 11.6 Å². The van der Waals surface area contributed by atoms with Gasteiger partial charge in [0.25, 0.3) is 0 Å². The summed E-state index contributed by atoms with van der Waals surface area (Å²) in [6.07, 6.45) is 5.34. The Morgan fingerprint density at radius 2 is 2.44 bits per heavy atom. The first kappa shape index (κ1) is 10.1. The molecule has 1 aliphatic heterocycles. The Balaban J connectivity index is 1.97. The van der Waals surface area contributed by atoms with Crippen molar-refractivity contribution in [2.75, 3.05) is 6.54 Å². The normalized spacial score (nSPS) is 20.7. The van der Waals surface area contributed by atoms with Gasteiger partial charge in [0.15, 0.2) is 0 Å². The summed E-state index contributed by atoms with van der Waals surface area (Å²) in [4.78, 5) is 4.46. The van der Waals surface area contributed by atoms with Crippen LogP contribution < -0.4 is 5.32 Å². The monoisotopic (exact) mass is 235 g/mol. The lowest BCUT2D eigenvalue weighted by atomic mass is 10.1. The van der Waals surface area contributed by atoms with Crippen LogP contribution in [0.4, 0.5) is 0 Å². The molecule has 1 saturated heterocycles. The van der Waals surface area contributed by atoms with Crippen LogP contribution >= 0.6 is 11.6 Å². The quantitative estimate of drug-likeness (QED) is 0.810. The standard InChI is InChI=1S/C12H14ClN3/c13-11-5-1-4-10-8-15-12(16(10)11)7-9-3-2-6-14-9/h1,4-5,8-9,14H,2-3,6-7H2. The summed E-state index contributed by atoms with van der Waals surface area (Å²) in [6.45, 7) is 1.13. The zero-order chi connectivity index (χ0) is 11.0. The SMILES string of the molecule is Clc1cccc2cnc(CC3CCCN3)n12. The molecule has 4 heteroatoms. The summed E-state index contributed by atoms with van der Waals surface area (Å²) in [6, 6.07) is 6.45. The maximum atomic E-state index is 6.19. The molecule has 3 rings (SSSR count). The van der Waals surface area contributed by atoms with E-state index >= 15 is 0 Å². The van der Waals surface area contributed by atoms with Crippen LogP contribution in [0.25, 0.3) is 5.52 Å². The largest absolute Gasteiger partial charge is 0.314 e. The highest BCUT2D eigenvalue weighted by molar-refractivity contribution is 6.29. The number of rotatable bonds is 2. The summed E-state index contributed by atoms with van der Waals surface area (Å²) in [7, 11) is 0. The molecule has 1 atom stereocenters. The third kappa shape index (κ3) is 1.70. The highest BCUT2D eigenvalue weighted by Crippen LogP contribution is 2.18. The highest BCUT2D eigenvalue weighted by Gasteiger charge is 2.17. The van der Waals surface area contributed by atoms with Gasteiger partial charge in [-0.05, 0) is 31.5 Å². The molecule has 1 fully saturated rings. The molecule has 0 saturated carbocycles. The Morgan fingerprint density at radius 1 is 1.50 bits per heavy atom. The van der Waals surface area contributed by atoms with Crippen molar-refractivity contribution in [1.82, 2.24) is 14.7 Å². The van der Waals surface area contributed by atoms with E-state index in [0.29, 0.717) is 6.04 Å². The van der Waals surface area contributed by atoms with Gasteiger partial charge in [0.2, 0.25) is 0 Å². The average molecular weight is 236 g/mol. The second-order valence-corrected chi connectivity index (χ2v) is 4.67. The second kappa shape index (κ2) is 4.07. The number of imidazole rings is 1. The number of nitrogens with zero attached hydrogens (tertiary/aromatic N) is 2. The van der Waals surface area contributed by atoms with Crippen LogP contribution in [0.2, 0.25) is 5.15 Å². The first-order valence-electron chi connectivity index (χ1n) is 5.69. The highest BCUT2D eigenvalue weighted by atomic mass is 35.5. The lowest BCUT2D eigenvalue weighted by Crippen LogP contribution is -2.24. The molecule has 3 heterocycles. The van der Waals surface area contributed by atoms with Crippen LogP contribution in [-0.2, 0) is 6.42 Å². The zero-order valence-electron chi connectivity index (χ0n) is 8.99. The first-order valence-corrected chi connectivity index (χ1v) is 6.06. The molecule has 0 bridgehead atoms. The zero-order valence-corrected chi connectivity index (χ0v) is 9.74. The molecule has 1 unspecified atom stereocenters. The minimum Gasteiger partial charge on any atom is -0.314 e. The fourth-order valence-corrected chi connectivity index (χ4v) is 2.63. The van der Waals surface area contributed by atoms with E-state index in [1.165, 1.54) is 12.8 Å². The molecule has 0 aliphatic carbocycles. The van der Waals surface area contributed by atoms with Crippen LogP contribution in [0.1, 0.15) is 18.7 Å². The van der Waals surface area contributed by atoms with Crippen molar-refractivity contribution in [2.45, 2.75) is 25.3 Å². The van der Waals surface area contributed by atoms with Gasteiger partial charge in [-0.15, -0.1) is 0 Å². The van der Waals surface area contributed by atoms with Crippen molar-refractivity contribution in [2.24, 2.45) is 0 Å². The molecule has 2 aromatic heterocycles. The fraction of sp³-hybridized carbons (Fsp3) is 0.417. The van der Waals surface area contributed by atoms with E-state index in [-0.39, 0.29) is 0 Å². The van der Waals surface area contributed by atoms with Crippen molar-refractivity contribution in [3.05, 3.63) is 35.4 Å². The molecular weight excluding hydrogens is 222 g/mol. The summed E-state index contributed by atoms with van der Waals surface area (Å²) >= 11 is 6.19. The fourth-order valence-electron chi connectivity index (χ4n) is 2.37. The summed E-state index contributed by atoms with van der Waals surface area (Å²) < 4.78 is 2.03. The smallest absolute Gasteiger partial charge is 0.115 e. The number of halogens is 1. The average Bonchev–Trinajstić information content (AvgIpc) is 2.90. The topological polar surface area (TPSA) is 29.3 Å². The molecule has 0 amide bonds. The minimum atomic E-state index is 0.557. The van der Waals surface area contributed by atoms with E-state index in [2.05, 4.69) is 10.3 Å². The summed E-state index contributed by atoms with van der Waals surface area (Å²) in [5, 5.41) is 4.22. The molecule has 0 radical (unpaired) electrons. The number of hydrogen-bond donors (Lipinski definition) is 1. The van der Waals surface area contributed by atoms with Crippen molar-refractivity contribution in [3.63, 3.8) is 0 Å². The van der Waals surface area contributed by atoms with Gasteiger partial charge >= 0.3 is 0 Å². The van der Waals surface area contributed by atoms with Crippen molar-refractivity contribution < 1.29 is 0 Å². The third-order valence-electron chi connectivity index (χ3n) is 3.17. The van der Waals surface area contributed by atoms with Gasteiger partial charge in [-0.25, -0.2) is 4.98 Å². The number of pyridine rings is 1. The number of aromatic nitrogens is 2. The first-order chi connectivity index (χ1) is 7.84. The Morgan fingerprint density at radius 3 is 3.25 bits per heavy atom. The lowest BCUT2D eigenvalue weighted by molar-refractivity contribution is 0.584. The van der Waals surface area contributed by atoms with E-state index in [9.17, 15) is 0 Å². The maximum absolute atomic E-state index is 6.19. The van der Waals surface area contributed by atoms with Gasteiger partial charge in [-0.3, -0.25) is 4.40 Å². The van der Waals surface area contributed by atoms with Gasteiger partial charge in [0.05, 0.1) is 11.7 Å². The number of nitrogens with one attached hydrogen (secondary N) is 1. The Labute approximate surface area is 99.4 Å². The van der Waals surface area contributed by atoms with E-state index in [1.807, 2.05) is 28.8 Å². The van der Waals surface area contributed by atoms with Crippen LogP contribution in [0.3, 0.4) is 0 Å². The second-order valence-electron chi connectivity index (χ2n) is 4.28. The van der Waals surface area contributed by atoms with Crippen LogP contribution in [0.15, 0.2) is 24.4 Å². The van der Waals surface area contributed by atoms with E-state index < -0.39 is 0 Å². The Bertz CT molecular complexity index is 500. The van der Waals surface area contributed by atoms with Crippen molar-refractivity contribution >= 4 is 17.1 Å². The molecule has 1 N–H and O–H groups in total. The third-order valence-corrected chi connectivity index (χ3v) is 3.46. The molecule has 16 heavy (non-hydrogen) atoms. The van der Waals surface area contributed by atoms with Gasteiger partial charge < -0.3 is 5.32 Å². The predicted octanol–water partition coefficient (Wildman–Crippen LogP) is 2.28. The molecule has 3 nitrogen and oxygen atoms in total. The molecule has 1 aliphatic rings. The summed E-state index contributed by atoms with van der Waals surface area (Å²) in [5.74, 6) is 1.06. The van der Waals surface area contributed by atoms with Crippen molar-refractivity contribution in [3.8, 4) is 0 Å². The molecule has 2 aromatic rings. The number of hydrogen-bond acceptors (Lipinski definition) is 2. The van der Waals surface area contributed by atoms with Crippen LogP contribution in [-0.4, -0.2) is 22.0 Å². The predicted molar refractivity (Wildman–Crippen MR) is 64.9 cm³/mol.